The van der Waals surface area contributed by atoms with Crippen molar-refractivity contribution in [2.24, 2.45) is 0 Å². The van der Waals surface area contributed by atoms with E-state index in [1.54, 1.807) is 0 Å². The lowest BCUT2D eigenvalue weighted by Gasteiger charge is -1.61. The molecule has 1 rings (SSSR count). The first kappa shape index (κ1) is 7.88. The van der Waals surface area contributed by atoms with Crippen LogP contribution in [0, 0.1) is 6.92 Å². The van der Waals surface area contributed by atoms with E-state index in [2.05, 4.69) is 4.37 Å². The molecule has 8 heavy (non-hydrogen) atoms. The summed E-state index contributed by atoms with van der Waals surface area (Å²) in [6.07, 6.45) is 0. The molecule has 1 aromatic rings. The second-order valence-corrected chi connectivity index (χ2v) is 2.53. The molecule has 0 bridgehead atoms. The number of rotatable bonds is 0. The maximum Gasteiger partial charge on any atom is 0.187 e. The highest BCUT2D eigenvalue weighted by Crippen LogP contribution is 2.03. The molecule has 1 unspecified atom stereocenters. The van der Waals surface area contributed by atoms with E-state index in [1.807, 2.05) is 18.4 Å². The predicted molar refractivity (Wildman–Crippen MR) is 38.9 cm³/mol. The average Bonchev–Trinajstić information content (AvgIpc) is 1.87. The lowest BCUT2D eigenvalue weighted by Crippen LogP contribution is -1.77. The van der Waals surface area contributed by atoms with Crippen LogP contribution in [-0.4, -0.2) is 4.37 Å². The number of aromatic nitrogens is 1. The highest BCUT2D eigenvalue weighted by atomic mass is 35.5. The second kappa shape index (κ2) is 3.02. The van der Waals surface area contributed by atoms with Crippen LogP contribution < -0.4 is 5.14 Å². The van der Waals surface area contributed by atoms with E-state index in [1.165, 1.54) is 0 Å². The molecule has 0 aliphatic rings. The molecule has 2 N–H and O–H groups in total. The Hall–Kier alpha value is -0.120. The summed E-state index contributed by atoms with van der Waals surface area (Å²) in [5, 5.41) is 7.28. The van der Waals surface area contributed by atoms with Gasteiger partial charge >= 0.3 is 0 Å². The summed E-state index contributed by atoms with van der Waals surface area (Å²) in [6, 6.07) is 1.93. The fourth-order valence-electron chi connectivity index (χ4n) is 0.395. The van der Waals surface area contributed by atoms with Crippen molar-refractivity contribution in [3.8, 4) is 0 Å². The number of nitrogens with zero attached hydrogens (tertiary/aromatic N) is 1. The van der Waals surface area contributed by atoms with Crippen molar-refractivity contribution >= 4 is 23.3 Å². The Kier molecular flexibility index (Phi) is 2.97. The summed E-state index contributed by atoms with van der Waals surface area (Å²) in [7, 11) is -0.296. The molecule has 0 aliphatic carbocycles. The summed E-state index contributed by atoms with van der Waals surface area (Å²) >= 11 is 0. The van der Waals surface area contributed by atoms with Gasteiger partial charge in [-0.2, -0.15) is 0 Å². The Morgan fingerprint density at radius 3 is 2.50 bits per heavy atom. The third-order valence-electron chi connectivity index (χ3n) is 0.698. The van der Waals surface area contributed by atoms with Gasteiger partial charge in [-0.25, -0.2) is 0 Å². The molecule has 0 fully saturated rings. The van der Waals surface area contributed by atoms with Gasteiger partial charge in [-0.3, -0.25) is 0 Å². The Balaban J connectivity index is 0.000000490. The average molecular weight is 152 g/mol. The van der Waals surface area contributed by atoms with E-state index in [9.17, 15) is 0 Å². The van der Waals surface area contributed by atoms with Crippen LogP contribution in [0.5, 0.6) is 0 Å². The number of hydrogen-bond donors (Lipinski definition) is 1. The standard InChI is InChI=1S/C4H6N2S.ClH/c1-4-2-3-7(5)6-4;/h2-3,5H,1H3;1H/p+1. The number of nitrogen functional groups attached to an aromatic ring is 1. The van der Waals surface area contributed by atoms with E-state index in [0.29, 0.717) is 0 Å². The summed E-state index contributed by atoms with van der Waals surface area (Å²) in [6.45, 7) is 1.94. The van der Waals surface area contributed by atoms with Crippen LogP contribution in [0.25, 0.3) is 0 Å². The van der Waals surface area contributed by atoms with Crippen molar-refractivity contribution in [2.75, 3.05) is 5.14 Å². The van der Waals surface area contributed by atoms with Crippen molar-refractivity contribution in [3.05, 3.63) is 17.1 Å². The van der Waals surface area contributed by atoms with Gasteiger partial charge in [0.1, 0.15) is 5.69 Å². The van der Waals surface area contributed by atoms with Crippen LogP contribution in [0.4, 0.5) is 0 Å². The Morgan fingerprint density at radius 2 is 2.38 bits per heavy atom. The highest BCUT2D eigenvalue weighted by Gasteiger charge is 1.96. The van der Waals surface area contributed by atoms with Crippen LogP contribution in [0.2, 0.25) is 0 Å². The van der Waals surface area contributed by atoms with Crippen molar-refractivity contribution in [1.29, 1.82) is 0 Å². The molecule has 1 heterocycles. The molecule has 0 saturated carbocycles. The van der Waals surface area contributed by atoms with E-state index in [4.69, 9.17) is 5.14 Å². The first-order valence-corrected chi connectivity index (χ1v) is 3.31. The van der Waals surface area contributed by atoms with Crippen molar-refractivity contribution in [1.82, 2.24) is 4.37 Å². The number of halogens is 1. The van der Waals surface area contributed by atoms with Crippen LogP contribution in [-0.2, 0) is 0 Å². The van der Waals surface area contributed by atoms with Crippen molar-refractivity contribution in [2.45, 2.75) is 6.92 Å². The SMILES string of the molecule is Cc1cc[s+](N)n1.Cl. The van der Waals surface area contributed by atoms with Gasteiger partial charge in [-0.05, 0) is 11.3 Å². The van der Waals surface area contributed by atoms with Gasteiger partial charge < -0.3 is 0 Å². The highest BCUT2D eigenvalue weighted by molar-refractivity contribution is 7.24. The topological polar surface area (TPSA) is 38.9 Å². The first-order chi connectivity index (χ1) is 3.29. The van der Waals surface area contributed by atoms with Gasteiger partial charge in [0, 0.05) is 6.07 Å². The summed E-state index contributed by atoms with van der Waals surface area (Å²) < 4.78 is 4.00. The van der Waals surface area contributed by atoms with Crippen LogP contribution in [0.1, 0.15) is 5.69 Å². The zero-order valence-electron chi connectivity index (χ0n) is 4.50. The minimum atomic E-state index is -0.296. The fraction of sp³-hybridized carbons (Fsp3) is 0.250. The second-order valence-electron chi connectivity index (χ2n) is 1.38. The Labute approximate surface area is 57.4 Å². The van der Waals surface area contributed by atoms with E-state index in [-0.39, 0.29) is 23.3 Å². The lowest BCUT2D eigenvalue weighted by atomic mass is 10.5. The van der Waals surface area contributed by atoms with Gasteiger partial charge in [-0.1, -0.05) is 0 Å². The quantitative estimate of drug-likeness (QED) is 0.568. The molecule has 0 radical (unpaired) electrons. The van der Waals surface area contributed by atoms with Crippen LogP contribution >= 0.6 is 23.3 Å². The fourth-order valence-corrected chi connectivity index (χ4v) is 1.19. The summed E-state index contributed by atoms with van der Waals surface area (Å²) in [4.78, 5) is 0. The zero-order chi connectivity index (χ0) is 5.28. The van der Waals surface area contributed by atoms with E-state index in [0.717, 1.165) is 5.69 Å². The minimum absolute atomic E-state index is 0. The third kappa shape index (κ3) is 1.78. The monoisotopic (exact) mass is 151 g/mol. The lowest BCUT2D eigenvalue weighted by molar-refractivity contribution is 1.34. The molecule has 2 nitrogen and oxygen atoms in total. The Morgan fingerprint density at radius 1 is 1.75 bits per heavy atom. The van der Waals surface area contributed by atoms with Crippen LogP contribution in [0.15, 0.2) is 11.4 Å². The molecule has 0 aromatic carbocycles. The molecule has 1 atom stereocenters. The smallest absolute Gasteiger partial charge is 0.147 e. The molecule has 0 saturated heterocycles. The van der Waals surface area contributed by atoms with Gasteiger partial charge in [-0.15, -0.1) is 17.5 Å². The number of nitrogens with two attached hydrogens (primary N) is 1. The van der Waals surface area contributed by atoms with Gasteiger partial charge in [0.15, 0.2) is 16.2 Å². The maximum atomic E-state index is 5.38. The minimum Gasteiger partial charge on any atom is -0.147 e. The molecule has 46 valence electrons. The first-order valence-electron chi connectivity index (χ1n) is 2.00. The zero-order valence-corrected chi connectivity index (χ0v) is 6.13. The van der Waals surface area contributed by atoms with E-state index < -0.39 is 0 Å². The third-order valence-corrected chi connectivity index (χ3v) is 1.61. The molecule has 0 amide bonds. The Bertz CT molecular complexity index is 146. The van der Waals surface area contributed by atoms with Gasteiger partial charge in [0.25, 0.3) is 0 Å². The number of hydrogen-bond acceptors (Lipinski definition) is 2. The van der Waals surface area contributed by atoms with Gasteiger partial charge in [0.05, 0.1) is 0 Å². The largest absolute Gasteiger partial charge is 0.187 e. The van der Waals surface area contributed by atoms with Gasteiger partial charge in [0.2, 0.25) is 0 Å². The molecule has 0 aliphatic heterocycles. The molecular weight excluding hydrogens is 144 g/mol. The molecular formula is C4H8ClN2S+. The molecule has 0 spiro atoms. The van der Waals surface area contributed by atoms with Crippen molar-refractivity contribution in [3.63, 3.8) is 0 Å². The normalized spacial score (nSPS) is 10.5. The summed E-state index contributed by atoms with van der Waals surface area (Å²) in [5.41, 5.74) is 1.03. The summed E-state index contributed by atoms with van der Waals surface area (Å²) in [5.74, 6) is 0. The molecule has 4 heteroatoms. The predicted octanol–water partition coefficient (Wildman–Crippen LogP) is 1.27. The van der Waals surface area contributed by atoms with Crippen LogP contribution in [0.3, 0.4) is 0 Å². The molecule has 1 aromatic heterocycles. The van der Waals surface area contributed by atoms with Crippen molar-refractivity contribution < 1.29 is 0 Å². The number of aryl methyl sites for hydroxylation is 1. The van der Waals surface area contributed by atoms with E-state index >= 15 is 0 Å². The maximum absolute atomic E-state index is 5.38.